The highest BCUT2D eigenvalue weighted by atomic mass is 35.5. The van der Waals surface area contributed by atoms with Crippen molar-refractivity contribution in [1.82, 2.24) is 9.88 Å². The van der Waals surface area contributed by atoms with E-state index in [1.54, 1.807) is 23.1 Å². The molecule has 0 saturated heterocycles. The fraction of sp³-hybridized carbons (Fsp3) is 0.364. The van der Waals surface area contributed by atoms with Gasteiger partial charge in [-0.15, -0.1) is 24.2 Å². The number of thioether (sulfide) groups is 1. The van der Waals surface area contributed by atoms with Gasteiger partial charge in [-0.1, -0.05) is 36.5 Å². The number of nitrogens with zero attached hydrogens (tertiary/aromatic N) is 3. The van der Waals surface area contributed by atoms with E-state index in [9.17, 15) is 4.79 Å². The number of aromatic nitrogens is 1. The molecule has 7 heteroatoms. The van der Waals surface area contributed by atoms with Gasteiger partial charge in [-0.2, -0.15) is 0 Å². The Bertz CT molecular complexity index is 948. The van der Waals surface area contributed by atoms with E-state index in [4.69, 9.17) is 4.98 Å². The zero-order valence-corrected chi connectivity index (χ0v) is 20.0. The van der Waals surface area contributed by atoms with Crippen molar-refractivity contribution in [2.24, 2.45) is 0 Å². The number of rotatable bonds is 7. The molecule has 1 amide bonds. The van der Waals surface area contributed by atoms with Gasteiger partial charge in [0.25, 0.3) is 5.91 Å². The largest absolute Gasteiger partial charge is 0.308 e. The lowest BCUT2D eigenvalue weighted by molar-refractivity contribution is 0.0985. The Kier molecular flexibility index (Phi) is 8.52. The monoisotopic (exact) mass is 449 g/mol. The Hall–Kier alpha value is -1.60. The number of halogens is 1. The molecule has 0 spiro atoms. The molecule has 1 heterocycles. The quantitative estimate of drug-likeness (QED) is 0.436. The van der Waals surface area contributed by atoms with Crippen LogP contribution in [0.1, 0.15) is 28.4 Å². The highest BCUT2D eigenvalue weighted by Gasteiger charge is 2.22. The molecular weight excluding hydrogens is 422 g/mol. The molecular formula is C22H28ClN3OS2. The van der Waals surface area contributed by atoms with Crippen LogP contribution in [0.15, 0.2) is 41.3 Å². The third-order valence-electron chi connectivity index (χ3n) is 4.57. The molecule has 2 aromatic carbocycles. The van der Waals surface area contributed by atoms with E-state index in [2.05, 4.69) is 43.9 Å². The average molecular weight is 450 g/mol. The molecule has 0 aliphatic carbocycles. The Morgan fingerprint density at radius 1 is 1.10 bits per heavy atom. The normalized spacial score (nSPS) is 11.0. The van der Waals surface area contributed by atoms with Crippen LogP contribution in [0.25, 0.3) is 10.2 Å². The van der Waals surface area contributed by atoms with Crippen molar-refractivity contribution in [3.8, 4) is 0 Å². The molecule has 0 unspecified atom stereocenters. The lowest BCUT2D eigenvalue weighted by Gasteiger charge is -2.22. The summed E-state index contributed by atoms with van der Waals surface area (Å²) in [6.45, 7) is 7.68. The predicted molar refractivity (Wildman–Crippen MR) is 129 cm³/mol. The second kappa shape index (κ2) is 10.4. The van der Waals surface area contributed by atoms with Crippen LogP contribution in [-0.4, -0.2) is 48.7 Å². The topological polar surface area (TPSA) is 36.4 Å². The molecule has 0 saturated carbocycles. The molecule has 0 aliphatic rings. The summed E-state index contributed by atoms with van der Waals surface area (Å²) >= 11 is 3.35. The number of hydrogen-bond donors (Lipinski definition) is 0. The molecule has 29 heavy (non-hydrogen) atoms. The minimum absolute atomic E-state index is 0. The van der Waals surface area contributed by atoms with Gasteiger partial charge in [-0.05, 0) is 63.0 Å². The van der Waals surface area contributed by atoms with E-state index in [-0.39, 0.29) is 18.3 Å². The third kappa shape index (κ3) is 5.51. The van der Waals surface area contributed by atoms with Crippen molar-refractivity contribution in [2.75, 3.05) is 37.8 Å². The number of hydrogen-bond acceptors (Lipinski definition) is 5. The predicted octanol–water partition coefficient (Wildman–Crippen LogP) is 5.66. The molecule has 0 radical (unpaired) electrons. The van der Waals surface area contributed by atoms with Crippen molar-refractivity contribution in [2.45, 2.75) is 25.7 Å². The number of carbonyl (C=O) groups is 1. The Balaban J connectivity index is 0.00000300. The third-order valence-corrected chi connectivity index (χ3v) is 6.66. The fourth-order valence-corrected chi connectivity index (χ4v) is 4.84. The zero-order valence-electron chi connectivity index (χ0n) is 17.6. The lowest BCUT2D eigenvalue weighted by atomic mass is 10.1. The molecule has 3 aromatic rings. The SMILES string of the molecule is CCSc1cccc(C(=O)N(CCN(C)C)c2nc3c(C)ccc(C)c3s2)c1.Cl. The maximum atomic E-state index is 13.4. The maximum Gasteiger partial charge on any atom is 0.260 e. The van der Waals surface area contributed by atoms with E-state index in [1.807, 2.05) is 37.2 Å². The molecule has 4 nitrogen and oxygen atoms in total. The van der Waals surface area contributed by atoms with Crippen molar-refractivity contribution in [3.63, 3.8) is 0 Å². The van der Waals surface area contributed by atoms with Crippen LogP contribution < -0.4 is 4.90 Å². The highest BCUT2D eigenvalue weighted by molar-refractivity contribution is 7.99. The van der Waals surface area contributed by atoms with Crippen LogP contribution in [0.2, 0.25) is 0 Å². The van der Waals surface area contributed by atoms with Crippen molar-refractivity contribution in [3.05, 3.63) is 53.1 Å². The van der Waals surface area contributed by atoms with Crippen LogP contribution in [0, 0.1) is 13.8 Å². The summed E-state index contributed by atoms with van der Waals surface area (Å²) in [6.07, 6.45) is 0. The van der Waals surface area contributed by atoms with Gasteiger partial charge in [0.15, 0.2) is 5.13 Å². The number of benzene rings is 2. The van der Waals surface area contributed by atoms with Gasteiger partial charge in [0.05, 0.1) is 10.2 Å². The van der Waals surface area contributed by atoms with Gasteiger partial charge in [0.1, 0.15) is 0 Å². The molecule has 0 fully saturated rings. The molecule has 156 valence electrons. The first-order chi connectivity index (χ1) is 13.4. The lowest BCUT2D eigenvalue weighted by Crippen LogP contribution is -2.36. The molecule has 0 aliphatic heterocycles. The van der Waals surface area contributed by atoms with Crippen LogP contribution >= 0.6 is 35.5 Å². The number of anilines is 1. The summed E-state index contributed by atoms with van der Waals surface area (Å²) in [5.74, 6) is 0.994. The van der Waals surface area contributed by atoms with E-state index < -0.39 is 0 Å². The molecule has 0 N–H and O–H groups in total. The van der Waals surface area contributed by atoms with Gasteiger partial charge < -0.3 is 4.90 Å². The summed E-state index contributed by atoms with van der Waals surface area (Å²) in [5, 5.41) is 0.771. The van der Waals surface area contributed by atoms with Crippen molar-refractivity contribution < 1.29 is 4.79 Å². The summed E-state index contributed by atoms with van der Waals surface area (Å²) in [6, 6.07) is 12.1. The highest BCUT2D eigenvalue weighted by Crippen LogP contribution is 2.34. The van der Waals surface area contributed by atoms with Crippen LogP contribution in [-0.2, 0) is 0 Å². The summed E-state index contributed by atoms with van der Waals surface area (Å²) < 4.78 is 1.16. The molecule has 0 atom stereocenters. The van der Waals surface area contributed by atoms with Crippen LogP contribution in [0.3, 0.4) is 0 Å². The minimum atomic E-state index is 0. The number of carbonyl (C=O) groups excluding carboxylic acids is 1. The fourth-order valence-electron chi connectivity index (χ4n) is 2.99. The number of likely N-dealkylation sites (N-methyl/N-ethyl adjacent to an activating group) is 1. The van der Waals surface area contributed by atoms with Crippen molar-refractivity contribution in [1.29, 1.82) is 0 Å². The molecule has 1 aromatic heterocycles. The average Bonchev–Trinajstić information content (AvgIpc) is 3.11. The summed E-state index contributed by atoms with van der Waals surface area (Å²) in [5.41, 5.74) is 4.05. The second-order valence-electron chi connectivity index (χ2n) is 7.09. The van der Waals surface area contributed by atoms with E-state index in [0.29, 0.717) is 12.1 Å². The number of aryl methyl sites for hydroxylation is 2. The van der Waals surface area contributed by atoms with Gasteiger partial charge in [0, 0.05) is 23.5 Å². The summed E-state index contributed by atoms with van der Waals surface area (Å²) in [7, 11) is 4.04. The Labute approximate surface area is 187 Å². The minimum Gasteiger partial charge on any atom is -0.308 e. The van der Waals surface area contributed by atoms with Gasteiger partial charge in [-0.3, -0.25) is 9.69 Å². The first kappa shape index (κ1) is 23.7. The zero-order chi connectivity index (χ0) is 20.3. The van der Waals surface area contributed by atoms with Gasteiger partial charge in [-0.25, -0.2) is 4.98 Å². The molecule has 0 bridgehead atoms. The standard InChI is InChI=1S/C22H27N3OS2.ClH/c1-6-27-18-9-7-8-17(14-18)21(26)25(13-12-24(4)5)22-23-19-15(2)10-11-16(3)20(19)28-22;/h7-11,14H,6,12-13H2,1-5H3;1H. The number of amides is 1. The number of fused-ring (bicyclic) bond motifs is 1. The Morgan fingerprint density at radius 3 is 2.48 bits per heavy atom. The van der Waals surface area contributed by atoms with Gasteiger partial charge in [0.2, 0.25) is 0 Å². The summed E-state index contributed by atoms with van der Waals surface area (Å²) in [4.78, 5) is 23.3. The van der Waals surface area contributed by atoms with E-state index in [0.717, 1.165) is 38.1 Å². The Morgan fingerprint density at radius 2 is 1.83 bits per heavy atom. The van der Waals surface area contributed by atoms with E-state index in [1.165, 1.54) is 5.56 Å². The van der Waals surface area contributed by atoms with Crippen LogP contribution in [0.4, 0.5) is 5.13 Å². The first-order valence-electron chi connectivity index (χ1n) is 9.47. The molecule has 3 rings (SSSR count). The second-order valence-corrected chi connectivity index (χ2v) is 9.41. The van der Waals surface area contributed by atoms with Gasteiger partial charge >= 0.3 is 0 Å². The van der Waals surface area contributed by atoms with Crippen LogP contribution in [0.5, 0.6) is 0 Å². The van der Waals surface area contributed by atoms with E-state index >= 15 is 0 Å². The maximum absolute atomic E-state index is 13.4. The first-order valence-corrected chi connectivity index (χ1v) is 11.3. The smallest absolute Gasteiger partial charge is 0.260 e. The van der Waals surface area contributed by atoms with Crippen molar-refractivity contribution >= 4 is 56.8 Å². The number of thiazole rings is 1.